The molecule has 1 heterocycles. The molecule has 0 radical (unpaired) electrons. The van der Waals surface area contributed by atoms with E-state index in [1.807, 2.05) is 30.3 Å². The van der Waals surface area contributed by atoms with Crippen molar-refractivity contribution in [1.29, 1.82) is 0 Å². The van der Waals surface area contributed by atoms with Gasteiger partial charge < -0.3 is 9.30 Å². The van der Waals surface area contributed by atoms with Crippen LogP contribution in [0.15, 0.2) is 72.9 Å². The highest BCUT2D eigenvalue weighted by Gasteiger charge is 2.06. The van der Waals surface area contributed by atoms with Crippen molar-refractivity contribution in [3.8, 4) is 22.7 Å². The molecule has 3 aromatic rings. The van der Waals surface area contributed by atoms with Crippen molar-refractivity contribution in [3.05, 3.63) is 72.9 Å². The van der Waals surface area contributed by atoms with Gasteiger partial charge in [-0.1, -0.05) is 30.3 Å². The van der Waals surface area contributed by atoms with Gasteiger partial charge in [-0.2, -0.15) is 0 Å². The van der Waals surface area contributed by atoms with Gasteiger partial charge in [-0.25, -0.2) is 0 Å². The van der Waals surface area contributed by atoms with Crippen LogP contribution in [0.25, 0.3) is 16.9 Å². The number of ether oxygens (including phenoxy) is 1. The van der Waals surface area contributed by atoms with Gasteiger partial charge in [0.2, 0.25) is 0 Å². The number of nitrogens with zero attached hydrogens (tertiary/aromatic N) is 1. The van der Waals surface area contributed by atoms with Crippen LogP contribution in [-0.2, 0) is 0 Å². The molecule has 0 N–H and O–H groups in total. The normalized spacial score (nSPS) is 10.4. The largest absolute Gasteiger partial charge is 0.497 e. The second-order valence-electron chi connectivity index (χ2n) is 4.33. The van der Waals surface area contributed by atoms with Crippen LogP contribution in [0.1, 0.15) is 0 Å². The first-order chi connectivity index (χ1) is 9.38. The van der Waals surface area contributed by atoms with Crippen LogP contribution >= 0.6 is 0 Å². The zero-order valence-electron chi connectivity index (χ0n) is 10.8. The molecule has 94 valence electrons. The van der Waals surface area contributed by atoms with Crippen molar-refractivity contribution in [2.45, 2.75) is 0 Å². The summed E-state index contributed by atoms with van der Waals surface area (Å²) in [5, 5.41) is 0. The quantitative estimate of drug-likeness (QED) is 0.680. The maximum atomic E-state index is 5.29. The molecule has 2 nitrogen and oxygen atoms in total. The molecule has 0 amide bonds. The number of rotatable bonds is 3. The van der Waals surface area contributed by atoms with Gasteiger partial charge >= 0.3 is 0 Å². The fourth-order valence-corrected chi connectivity index (χ4v) is 2.21. The third-order valence-corrected chi connectivity index (χ3v) is 3.15. The average molecular weight is 249 g/mol. The van der Waals surface area contributed by atoms with E-state index in [1.165, 1.54) is 0 Å². The summed E-state index contributed by atoms with van der Waals surface area (Å²) in [6.45, 7) is 0. The van der Waals surface area contributed by atoms with Crippen LogP contribution in [0.5, 0.6) is 5.75 Å². The van der Waals surface area contributed by atoms with Crippen LogP contribution in [-0.4, -0.2) is 11.7 Å². The third-order valence-electron chi connectivity index (χ3n) is 3.15. The van der Waals surface area contributed by atoms with E-state index in [0.717, 1.165) is 22.7 Å². The van der Waals surface area contributed by atoms with Crippen LogP contribution in [0.3, 0.4) is 0 Å². The van der Waals surface area contributed by atoms with Gasteiger partial charge in [0.15, 0.2) is 0 Å². The highest BCUT2D eigenvalue weighted by molar-refractivity contribution is 5.64. The highest BCUT2D eigenvalue weighted by atomic mass is 16.5. The van der Waals surface area contributed by atoms with E-state index in [9.17, 15) is 0 Å². The van der Waals surface area contributed by atoms with Gasteiger partial charge in [0, 0.05) is 17.4 Å². The number of para-hydroxylation sites is 1. The monoisotopic (exact) mass is 249 g/mol. The van der Waals surface area contributed by atoms with Crippen molar-refractivity contribution in [2.24, 2.45) is 0 Å². The molecular formula is C17H15NO. The lowest BCUT2D eigenvalue weighted by atomic mass is 10.1. The van der Waals surface area contributed by atoms with Gasteiger partial charge in [0.1, 0.15) is 5.75 Å². The van der Waals surface area contributed by atoms with E-state index in [4.69, 9.17) is 4.74 Å². The summed E-state index contributed by atoms with van der Waals surface area (Å²) in [6, 6.07) is 22.6. The number of methoxy groups -OCH3 is 1. The fraction of sp³-hybridized carbons (Fsp3) is 0.0588. The molecule has 1 aromatic heterocycles. The van der Waals surface area contributed by atoms with E-state index in [1.54, 1.807) is 7.11 Å². The van der Waals surface area contributed by atoms with Gasteiger partial charge in [-0.05, 0) is 36.4 Å². The lowest BCUT2D eigenvalue weighted by Gasteiger charge is -2.10. The Morgan fingerprint density at radius 1 is 0.842 bits per heavy atom. The number of benzene rings is 2. The maximum absolute atomic E-state index is 5.29. The number of hydrogen-bond acceptors (Lipinski definition) is 1. The van der Waals surface area contributed by atoms with Crippen LogP contribution in [0.2, 0.25) is 0 Å². The molecule has 0 unspecified atom stereocenters. The standard InChI is InChI=1S/C17H15NO/c1-19-16-10-5-7-14(13-16)17-11-6-12-18(17)15-8-3-2-4-9-15/h2-13H,1H3. The Morgan fingerprint density at radius 2 is 1.68 bits per heavy atom. The summed E-state index contributed by atoms with van der Waals surface area (Å²) in [6.07, 6.45) is 2.07. The lowest BCUT2D eigenvalue weighted by Crippen LogP contribution is -1.94. The van der Waals surface area contributed by atoms with E-state index in [0.29, 0.717) is 0 Å². The predicted molar refractivity (Wildman–Crippen MR) is 77.8 cm³/mol. The first-order valence-corrected chi connectivity index (χ1v) is 6.26. The van der Waals surface area contributed by atoms with Crippen molar-refractivity contribution in [1.82, 2.24) is 4.57 Å². The summed E-state index contributed by atoms with van der Waals surface area (Å²) < 4.78 is 7.46. The third kappa shape index (κ3) is 2.25. The highest BCUT2D eigenvalue weighted by Crippen LogP contribution is 2.26. The van der Waals surface area contributed by atoms with Crippen LogP contribution in [0, 0.1) is 0 Å². The molecule has 0 saturated carbocycles. The lowest BCUT2D eigenvalue weighted by molar-refractivity contribution is 0.415. The summed E-state index contributed by atoms with van der Waals surface area (Å²) in [5.74, 6) is 0.873. The fourth-order valence-electron chi connectivity index (χ4n) is 2.21. The Bertz CT molecular complexity index is 670. The van der Waals surface area contributed by atoms with Gasteiger partial charge in [-0.15, -0.1) is 0 Å². The van der Waals surface area contributed by atoms with E-state index < -0.39 is 0 Å². The molecule has 0 saturated heterocycles. The Kier molecular flexibility index (Phi) is 3.07. The molecule has 0 atom stereocenters. The Labute approximate surface area is 112 Å². The summed E-state index contributed by atoms with van der Waals surface area (Å²) in [5.41, 5.74) is 3.46. The molecule has 0 aliphatic carbocycles. The Balaban J connectivity index is 2.09. The first kappa shape index (κ1) is 11.6. The Hall–Kier alpha value is -2.48. The molecule has 0 aliphatic rings. The topological polar surface area (TPSA) is 14.2 Å². The van der Waals surface area contributed by atoms with Crippen LogP contribution in [0.4, 0.5) is 0 Å². The van der Waals surface area contributed by atoms with E-state index >= 15 is 0 Å². The summed E-state index contributed by atoms with van der Waals surface area (Å²) in [4.78, 5) is 0. The molecule has 2 heteroatoms. The molecule has 19 heavy (non-hydrogen) atoms. The first-order valence-electron chi connectivity index (χ1n) is 6.26. The molecule has 0 spiro atoms. The Morgan fingerprint density at radius 3 is 2.47 bits per heavy atom. The smallest absolute Gasteiger partial charge is 0.119 e. The summed E-state index contributed by atoms with van der Waals surface area (Å²) in [7, 11) is 1.69. The zero-order valence-corrected chi connectivity index (χ0v) is 10.8. The minimum absolute atomic E-state index is 0.873. The van der Waals surface area contributed by atoms with Gasteiger partial charge in [-0.3, -0.25) is 0 Å². The molecular weight excluding hydrogens is 234 g/mol. The molecule has 2 aromatic carbocycles. The SMILES string of the molecule is COc1cccc(-c2cccn2-c2ccccc2)c1. The molecule has 0 aliphatic heterocycles. The van der Waals surface area contributed by atoms with Crippen molar-refractivity contribution in [3.63, 3.8) is 0 Å². The minimum atomic E-state index is 0.873. The van der Waals surface area contributed by atoms with Crippen molar-refractivity contribution < 1.29 is 4.74 Å². The molecule has 0 fully saturated rings. The van der Waals surface area contributed by atoms with E-state index in [2.05, 4.69) is 47.2 Å². The van der Waals surface area contributed by atoms with Gasteiger partial charge in [0.25, 0.3) is 0 Å². The number of hydrogen-bond donors (Lipinski definition) is 0. The second kappa shape index (κ2) is 5.02. The van der Waals surface area contributed by atoms with Crippen molar-refractivity contribution in [2.75, 3.05) is 7.11 Å². The average Bonchev–Trinajstić information content (AvgIpc) is 2.98. The van der Waals surface area contributed by atoms with Crippen molar-refractivity contribution >= 4 is 0 Å². The number of aromatic nitrogens is 1. The summed E-state index contributed by atoms with van der Waals surface area (Å²) >= 11 is 0. The maximum Gasteiger partial charge on any atom is 0.119 e. The minimum Gasteiger partial charge on any atom is -0.497 e. The van der Waals surface area contributed by atoms with E-state index in [-0.39, 0.29) is 0 Å². The van der Waals surface area contributed by atoms with Gasteiger partial charge in [0.05, 0.1) is 12.8 Å². The molecule has 0 bridgehead atoms. The zero-order chi connectivity index (χ0) is 13.1. The predicted octanol–water partition coefficient (Wildman–Crippen LogP) is 4.15. The molecule has 3 rings (SSSR count). The van der Waals surface area contributed by atoms with Crippen LogP contribution < -0.4 is 4.74 Å². The second-order valence-corrected chi connectivity index (χ2v) is 4.33.